The van der Waals surface area contributed by atoms with Gasteiger partial charge < -0.3 is 10.8 Å². The monoisotopic (exact) mass is 370 g/mol. The number of nitroso groups, excluding NO2 is 1. The largest absolute Gasteiger partial charge is 0.380 e. The fraction of sp³-hybridized carbons (Fsp3) is 0.263. The zero-order valence-corrected chi connectivity index (χ0v) is 14.9. The minimum Gasteiger partial charge on any atom is -0.380 e. The number of aryl methyl sites for hydroxylation is 1. The van der Waals surface area contributed by atoms with E-state index in [-0.39, 0.29) is 29.9 Å². The SMILES string of the molecule is Cc1cc(C(N)=O)nc(-c2cc(C#C[C@H](O)CCN(C)N=O)ccc2F)c1. The highest BCUT2D eigenvalue weighted by atomic mass is 19.1. The zero-order chi connectivity index (χ0) is 20.0. The van der Waals surface area contributed by atoms with Crippen LogP contribution < -0.4 is 5.73 Å². The van der Waals surface area contributed by atoms with Crippen LogP contribution >= 0.6 is 0 Å². The third-order valence-corrected chi connectivity index (χ3v) is 3.71. The van der Waals surface area contributed by atoms with Crippen molar-refractivity contribution < 1.29 is 14.3 Å². The van der Waals surface area contributed by atoms with Crippen molar-refractivity contribution in [1.29, 1.82) is 0 Å². The molecule has 1 aromatic carbocycles. The van der Waals surface area contributed by atoms with E-state index in [1.165, 1.54) is 31.3 Å². The number of aliphatic hydroxyl groups is 1. The topological polar surface area (TPSA) is 109 Å². The molecule has 1 aromatic heterocycles. The quantitative estimate of drug-likeness (QED) is 0.459. The van der Waals surface area contributed by atoms with Crippen molar-refractivity contribution in [3.05, 3.63) is 57.9 Å². The Kier molecular flexibility index (Phi) is 6.57. The lowest BCUT2D eigenvalue weighted by Gasteiger charge is -2.09. The summed E-state index contributed by atoms with van der Waals surface area (Å²) in [5, 5.41) is 13.7. The molecule has 0 aliphatic rings. The van der Waals surface area contributed by atoms with E-state index in [0.29, 0.717) is 11.1 Å². The molecule has 2 aromatic rings. The molecular formula is C19H19FN4O3. The second kappa shape index (κ2) is 8.87. The predicted molar refractivity (Wildman–Crippen MR) is 98.8 cm³/mol. The number of benzene rings is 1. The summed E-state index contributed by atoms with van der Waals surface area (Å²) in [5.41, 5.74) is 6.93. The molecule has 0 saturated heterocycles. The highest BCUT2D eigenvalue weighted by molar-refractivity contribution is 5.91. The van der Waals surface area contributed by atoms with Crippen LogP contribution in [0, 0.1) is 29.5 Å². The van der Waals surface area contributed by atoms with Gasteiger partial charge >= 0.3 is 0 Å². The molecule has 3 N–H and O–H groups in total. The second-order valence-electron chi connectivity index (χ2n) is 6.01. The van der Waals surface area contributed by atoms with Crippen molar-refractivity contribution in [2.75, 3.05) is 13.6 Å². The Morgan fingerprint density at radius 2 is 2.15 bits per heavy atom. The molecule has 0 saturated carbocycles. The highest BCUT2D eigenvalue weighted by Gasteiger charge is 2.12. The molecule has 140 valence electrons. The second-order valence-corrected chi connectivity index (χ2v) is 6.01. The summed E-state index contributed by atoms with van der Waals surface area (Å²) >= 11 is 0. The fourth-order valence-electron chi connectivity index (χ4n) is 2.32. The minimum absolute atomic E-state index is 0.0456. The normalized spacial score (nSPS) is 11.3. The molecule has 1 atom stereocenters. The molecular weight excluding hydrogens is 351 g/mol. The van der Waals surface area contributed by atoms with E-state index in [0.717, 1.165) is 5.01 Å². The van der Waals surface area contributed by atoms with Crippen molar-refractivity contribution in [2.45, 2.75) is 19.4 Å². The number of carbonyl (C=O) groups excluding carboxylic acids is 1. The summed E-state index contributed by atoms with van der Waals surface area (Å²) in [6.45, 7) is 2.01. The van der Waals surface area contributed by atoms with Gasteiger partial charge in [0.25, 0.3) is 5.91 Å². The summed E-state index contributed by atoms with van der Waals surface area (Å²) in [4.78, 5) is 25.8. The third-order valence-electron chi connectivity index (χ3n) is 3.71. The van der Waals surface area contributed by atoms with Crippen LogP contribution in [0.2, 0.25) is 0 Å². The van der Waals surface area contributed by atoms with E-state index in [1.807, 2.05) is 0 Å². The molecule has 1 amide bonds. The maximum atomic E-state index is 14.3. The molecule has 0 spiro atoms. The van der Waals surface area contributed by atoms with E-state index in [2.05, 4.69) is 22.1 Å². The molecule has 27 heavy (non-hydrogen) atoms. The molecule has 7 nitrogen and oxygen atoms in total. The molecule has 0 fully saturated rings. The summed E-state index contributed by atoms with van der Waals surface area (Å²) in [7, 11) is 1.49. The zero-order valence-electron chi connectivity index (χ0n) is 14.9. The molecule has 0 unspecified atom stereocenters. The number of aromatic nitrogens is 1. The van der Waals surface area contributed by atoms with Gasteiger partial charge in [-0.1, -0.05) is 11.8 Å². The first kappa shape index (κ1) is 20.0. The van der Waals surface area contributed by atoms with Crippen LogP contribution in [0.5, 0.6) is 0 Å². The maximum absolute atomic E-state index is 14.3. The van der Waals surface area contributed by atoms with Crippen molar-refractivity contribution >= 4 is 5.91 Å². The van der Waals surface area contributed by atoms with E-state index in [9.17, 15) is 19.2 Å². The van der Waals surface area contributed by atoms with Crippen LogP contribution in [-0.4, -0.2) is 40.7 Å². The number of amides is 1. The van der Waals surface area contributed by atoms with Gasteiger partial charge in [-0.3, -0.25) is 9.80 Å². The van der Waals surface area contributed by atoms with Crippen LogP contribution in [0.1, 0.15) is 28.0 Å². The molecule has 0 aliphatic carbocycles. The lowest BCUT2D eigenvalue weighted by atomic mass is 10.0. The van der Waals surface area contributed by atoms with Gasteiger partial charge in [0.05, 0.1) is 11.0 Å². The number of hydrogen-bond acceptors (Lipinski definition) is 5. The van der Waals surface area contributed by atoms with E-state index >= 15 is 0 Å². The van der Waals surface area contributed by atoms with Crippen molar-refractivity contribution in [2.24, 2.45) is 11.0 Å². The van der Waals surface area contributed by atoms with Gasteiger partial charge in [0.15, 0.2) is 0 Å². The lowest BCUT2D eigenvalue weighted by molar-refractivity contribution is 0.0995. The standard InChI is InChI=1S/C19H19FN4O3/c1-12-9-17(22-18(10-12)19(21)26)15-11-13(4-6-16(15)20)3-5-14(25)7-8-24(2)23-27/h4,6,9-11,14,25H,7-8H2,1-2H3,(H2,21,26)/t14-/m0/s1. The third kappa shape index (κ3) is 5.59. The summed E-state index contributed by atoms with van der Waals surface area (Å²) in [6, 6.07) is 7.36. The van der Waals surface area contributed by atoms with Gasteiger partial charge in [-0.05, 0) is 42.8 Å². The number of nitrogens with two attached hydrogens (primary N) is 1. The summed E-state index contributed by atoms with van der Waals surface area (Å²) in [5.74, 6) is 4.18. The number of rotatable bonds is 6. The summed E-state index contributed by atoms with van der Waals surface area (Å²) in [6.07, 6.45) is -0.716. The number of carbonyl (C=O) groups is 1. The maximum Gasteiger partial charge on any atom is 0.267 e. The molecule has 2 rings (SSSR count). The van der Waals surface area contributed by atoms with E-state index in [1.54, 1.807) is 13.0 Å². The van der Waals surface area contributed by atoms with Gasteiger partial charge in [0.2, 0.25) is 0 Å². The number of primary amides is 1. The fourth-order valence-corrected chi connectivity index (χ4v) is 2.32. The van der Waals surface area contributed by atoms with Crippen LogP contribution in [0.25, 0.3) is 11.3 Å². The Bertz CT molecular complexity index is 921. The number of halogens is 1. The van der Waals surface area contributed by atoms with Crippen LogP contribution in [0.15, 0.2) is 35.6 Å². The summed E-state index contributed by atoms with van der Waals surface area (Å²) < 4.78 is 14.3. The molecule has 0 radical (unpaired) electrons. The molecule has 1 heterocycles. The molecule has 0 aliphatic heterocycles. The lowest BCUT2D eigenvalue weighted by Crippen LogP contribution is -2.17. The number of nitrogens with zero attached hydrogens (tertiary/aromatic N) is 3. The Morgan fingerprint density at radius 1 is 1.41 bits per heavy atom. The highest BCUT2D eigenvalue weighted by Crippen LogP contribution is 2.23. The first-order valence-corrected chi connectivity index (χ1v) is 8.12. The average Bonchev–Trinajstić information content (AvgIpc) is 2.64. The van der Waals surface area contributed by atoms with Gasteiger partial charge in [-0.15, -0.1) is 4.91 Å². The van der Waals surface area contributed by atoms with Gasteiger partial charge in [0, 0.05) is 31.1 Å². The number of aliphatic hydroxyl groups excluding tert-OH is 1. The number of hydrogen-bond donors (Lipinski definition) is 2. The smallest absolute Gasteiger partial charge is 0.267 e. The van der Waals surface area contributed by atoms with Crippen LogP contribution in [-0.2, 0) is 0 Å². The molecule has 0 bridgehead atoms. The van der Waals surface area contributed by atoms with Gasteiger partial charge in [-0.25, -0.2) is 9.37 Å². The van der Waals surface area contributed by atoms with Gasteiger partial charge in [0.1, 0.15) is 17.6 Å². The molecule has 8 heteroatoms. The Hall–Kier alpha value is -3.31. The van der Waals surface area contributed by atoms with Crippen LogP contribution in [0.3, 0.4) is 0 Å². The van der Waals surface area contributed by atoms with E-state index in [4.69, 9.17) is 5.73 Å². The Labute approximate surface area is 156 Å². The predicted octanol–water partition coefficient (Wildman–Crippen LogP) is 2.01. The van der Waals surface area contributed by atoms with Crippen molar-refractivity contribution in [3.63, 3.8) is 0 Å². The van der Waals surface area contributed by atoms with E-state index < -0.39 is 17.8 Å². The van der Waals surface area contributed by atoms with Crippen molar-refractivity contribution in [3.8, 4) is 23.1 Å². The minimum atomic E-state index is -0.957. The van der Waals surface area contributed by atoms with Gasteiger partial charge in [-0.2, -0.15) is 0 Å². The Morgan fingerprint density at radius 3 is 2.81 bits per heavy atom. The first-order valence-electron chi connectivity index (χ1n) is 8.12. The first-order chi connectivity index (χ1) is 12.8. The average molecular weight is 370 g/mol. The van der Waals surface area contributed by atoms with Crippen molar-refractivity contribution in [1.82, 2.24) is 9.99 Å². The number of pyridine rings is 1. The van der Waals surface area contributed by atoms with Crippen LogP contribution in [0.4, 0.5) is 4.39 Å². The Balaban J connectivity index is 2.29.